The number of nitrogens with zero attached hydrogens (tertiary/aromatic N) is 1. The van der Waals surface area contributed by atoms with Gasteiger partial charge < -0.3 is 5.11 Å². The van der Waals surface area contributed by atoms with Crippen LogP contribution in [-0.2, 0) is 19.4 Å². The Morgan fingerprint density at radius 1 is 0.885 bits per heavy atom. The lowest BCUT2D eigenvalue weighted by molar-refractivity contribution is -0.0510. The van der Waals surface area contributed by atoms with E-state index in [9.17, 15) is 5.11 Å². The Hall–Kier alpha value is -0.860. The van der Waals surface area contributed by atoms with Gasteiger partial charge in [0.1, 0.15) is 0 Å². The molecule has 0 amide bonds. The third-order valence-electron chi connectivity index (χ3n) is 8.13. The predicted octanol–water partition coefficient (Wildman–Crippen LogP) is 4.43. The number of rotatable bonds is 6. The quantitative estimate of drug-likeness (QED) is 0.818. The van der Waals surface area contributed by atoms with Gasteiger partial charge in [-0.05, 0) is 104 Å². The number of aliphatic hydroxyl groups is 1. The van der Waals surface area contributed by atoms with E-state index in [-0.39, 0.29) is 6.61 Å². The van der Waals surface area contributed by atoms with Gasteiger partial charge in [-0.15, -0.1) is 0 Å². The zero-order chi connectivity index (χ0) is 17.5. The Bertz CT molecular complexity index is 611. The van der Waals surface area contributed by atoms with Crippen molar-refractivity contribution in [3.63, 3.8) is 0 Å². The van der Waals surface area contributed by atoms with E-state index in [4.69, 9.17) is 0 Å². The fraction of sp³-hybridized carbons (Fsp3) is 0.750. The van der Waals surface area contributed by atoms with E-state index in [0.29, 0.717) is 0 Å². The van der Waals surface area contributed by atoms with Crippen LogP contribution < -0.4 is 0 Å². The largest absolute Gasteiger partial charge is 0.395 e. The summed E-state index contributed by atoms with van der Waals surface area (Å²) >= 11 is 0. The molecule has 1 N–H and O–H groups in total. The molecule has 4 bridgehead atoms. The monoisotopic (exact) mass is 353 g/mol. The lowest BCUT2D eigenvalue weighted by atomic mass is 9.52. The van der Waals surface area contributed by atoms with Crippen molar-refractivity contribution in [1.29, 1.82) is 0 Å². The van der Waals surface area contributed by atoms with Crippen LogP contribution in [0.5, 0.6) is 0 Å². The fourth-order valence-electron chi connectivity index (χ4n) is 7.15. The summed E-state index contributed by atoms with van der Waals surface area (Å²) in [5.74, 6) is 4.97. The van der Waals surface area contributed by atoms with E-state index in [1.54, 1.807) is 11.1 Å². The van der Waals surface area contributed by atoms with Crippen molar-refractivity contribution < 1.29 is 5.11 Å². The van der Waals surface area contributed by atoms with E-state index in [0.717, 1.165) is 42.7 Å². The van der Waals surface area contributed by atoms with Gasteiger partial charge in [-0.2, -0.15) is 0 Å². The highest BCUT2D eigenvalue weighted by molar-refractivity contribution is 5.33. The van der Waals surface area contributed by atoms with Crippen LogP contribution in [0.25, 0.3) is 0 Å². The second kappa shape index (κ2) is 7.28. The summed E-state index contributed by atoms with van der Waals surface area (Å²) in [4.78, 5) is 2.57. The molecule has 2 heteroatoms. The highest BCUT2D eigenvalue weighted by Gasteiger charge is 2.48. The van der Waals surface area contributed by atoms with Gasteiger partial charge in [-0.25, -0.2) is 0 Å². The molecule has 0 aliphatic heterocycles. The van der Waals surface area contributed by atoms with Crippen molar-refractivity contribution in [1.82, 2.24) is 4.90 Å². The molecule has 0 saturated heterocycles. The summed E-state index contributed by atoms with van der Waals surface area (Å²) in [6.07, 6.45) is 12.8. The van der Waals surface area contributed by atoms with E-state index in [1.807, 2.05) is 0 Å². The van der Waals surface area contributed by atoms with Crippen LogP contribution in [0.4, 0.5) is 0 Å². The number of fused-ring (bicyclic) bond motifs is 1. The SMILES string of the molecule is OCCN(Cc1ccc2c(c1)CCCC2)CC1C2CC3CC(C2)CC1C3. The van der Waals surface area contributed by atoms with Crippen molar-refractivity contribution >= 4 is 0 Å². The van der Waals surface area contributed by atoms with Crippen LogP contribution in [-0.4, -0.2) is 29.7 Å². The third kappa shape index (κ3) is 3.36. The van der Waals surface area contributed by atoms with Crippen LogP contribution in [0.15, 0.2) is 18.2 Å². The van der Waals surface area contributed by atoms with Gasteiger partial charge in [0, 0.05) is 19.6 Å². The maximum Gasteiger partial charge on any atom is 0.0558 e. The summed E-state index contributed by atoms with van der Waals surface area (Å²) in [5.41, 5.74) is 4.63. The molecule has 0 unspecified atom stereocenters. The van der Waals surface area contributed by atoms with Gasteiger partial charge in [0.15, 0.2) is 0 Å². The first-order valence-corrected chi connectivity index (χ1v) is 11.2. The lowest BCUT2D eigenvalue weighted by Gasteiger charge is -2.55. The van der Waals surface area contributed by atoms with E-state index in [2.05, 4.69) is 23.1 Å². The van der Waals surface area contributed by atoms with E-state index >= 15 is 0 Å². The molecule has 0 heterocycles. The molecule has 6 rings (SSSR count). The topological polar surface area (TPSA) is 23.5 Å². The Morgan fingerprint density at radius 3 is 2.27 bits per heavy atom. The van der Waals surface area contributed by atoms with Crippen molar-refractivity contribution in [2.45, 2.75) is 64.3 Å². The minimum absolute atomic E-state index is 0.290. The first-order valence-electron chi connectivity index (χ1n) is 11.2. The molecule has 0 aromatic heterocycles. The highest BCUT2D eigenvalue weighted by atomic mass is 16.3. The molecule has 4 saturated carbocycles. The maximum absolute atomic E-state index is 9.65. The first kappa shape index (κ1) is 17.3. The Labute approximate surface area is 159 Å². The van der Waals surface area contributed by atoms with E-state index < -0.39 is 0 Å². The van der Waals surface area contributed by atoms with Crippen LogP contribution in [0.1, 0.15) is 61.6 Å². The van der Waals surface area contributed by atoms with Crippen molar-refractivity contribution in [2.24, 2.45) is 29.6 Å². The molecular formula is C24H35NO. The number of hydrogen-bond acceptors (Lipinski definition) is 2. The van der Waals surface area contributed by atoms with Crippen molar-refractivity contribution in [3.8, 4) is 0 Å². The van der Waals surface area contributed by atoms with Gasteiger partial charge in [0.2, 0.25) is 0 Å². The molecular weight excluding hydrogens is 318 g/mol. The van der Waals surface area contributed by atoms with E-state index in [1.165, 1.54) is 69.9 Å². The van der Waals surface area contributed by atoms with Crippen LogP contribution in [0, 0.1) is 29.6 Å². The van der Waals surface area contributed by atoms with Crippen LogP contribution in [0.2, 0.25) is 0 Å². The highest BCUT2D eigenvalue weighted by Crippen LogP contribution is 2.56. The Kier molecular flexibility index (Phi) is 4.83. The van der Waals surface area contributed by atoms with Crippen molar-refractivity contribution in [3.05, 3.63) is 34.9 Å². The maximum atomic E-state index is 9.65. The summed E-state index contributed by atoms with van der Waals surface area (Å²) in [7, 11) is 0. The smallest absolute Gasteiger partial charge is 0.0558 e. The Balaban J connectivity index is 1.28. The summed E-state index contributed by atoms with van der Waals surface area (Å²) < 4.78 is 0. The Morgan fingerprint density at radius 2 is 1.58 bits per heavy atom. The zero-order valence-corrected chi connectivity index (χ0v) is 16.2. The minimum Gasteiger partial charge on any atom is -0.395 e. The molecule has 0 atom stereocenters. The van der Waals surface area contributed by atoms with Gasteiger partial charge in [0.05, 0.1) is 6.61 Å². The average Bonchev–Trinajstić information content (AvgIpc) is 2.64. The molecule has 2 nitrogen and oxygen atoms in total. The zero-order valence-electron chi connectivity index (χ0n) is 16.2. The molecule has 1 aromatic rings. The first-order chi connectivity index (χ1) is 12.8. The molecule has 142 valence electrons. The summed E-state index contributed by atoms with van der Waals surface area (Å²) in [5, 5.41) is 9.65. The normalized spacial score (nSPS) is 35.1. The minimum atomic E-state index is 0.290. The number of aliphatic hydroxyl groups excluding tert-OH is 1. The average molecular weight is 354 g/mol. The van der Waals surface area contributed by atoms with Gasteiger partial charge in [0.25, 0.3) is 0 Å². The molecule has 5 aliphatic rings. The third-order valence-corrected chi connectivity index (χ3v) is 8.13. The fourth-order valence-corrected chi connectivity index (χ4v) is 7.15. The molecule has 0 spiro atoms. The molecule has 26 heavy (non-hydrogen) atoms. The standard InChI is InChI=1S/C24H35NO/c26-8-7-25(15-17-5-6-20-3-1-2-4-21(20)10-17)16-24-22-11-18-9-19(13-22)14-23(24)12-18/h5-6,10,18-19,22-24,26H,1-4,7-9,11-16H2. The summed E-state index contributed by atoms with van der Waals surface area (Å²) in [6.45, 7) is 3.36. The van der Waals surface area contributed by atoms with Crippen LogP contribution >= 0.6 is 0 Å². The number of aryl methyl sites for hydroxylation is 2. The molecule has 1 aromatic carbocycles. The van der Waals surface area contributed by atoms with Gasteiger partial charge >= 0.3 is 0 Å². The molecule has 4 fully saturated rings. The second-order valence-electron chi connectivity index (χ2n) is 9.86. The lowest BCUT2D eigenvalue weighted by Crippen LogP contribution is -2.49. The molecule has 5 aliphatic carbocycles. The van der Waals surface area contributed by atoms with Crippen molar-refractivity contribution in [2.75, 3.05) is 19.7 Å². The second-order valence-corrected chi connectivity index (χ2v) is 9.86. The van der Waals surface area contributed by atoms with Crippen LogP contribution in [0.3, 0.4) is 0 Å². The number of hydrogen-bond donors (Lipinski definition) is 1. The van der Waals surface area contributed by atoms with Gasteiger partial charge in [-0.3, -0.25) is 4.90 Å². The predicted molar refractivity (Wildman–Crippen MR) is 106 cm³/mol. The summed E-state index contributed by atoms with van der Waals surface area (Å²) in [6, 6.07) is 7.20. The molecule has 0 radical (unpaired) electrons. The number of benzene rings is 1. The van der Waals surface area contributed by atoms with Gasteiger partial charge in [-0.1, -0.05) is 18.2 Å².